The minimum atomic E-state index is 0.465. The van der Waals surface area contributed by atoms with Crippen molar-refractivity contribution in [3.8, 4) is 0 Å². The molecule has 1 rings (SSSR count). The van der Waals surface area contributed by atoms with Gasteiger partial charge in [-0.2, -0.15) is 0 Å². The molecule has 0 aliphatic carbocycles. The van der Waals surface area contributed by atoms with Crippen LogP contribution >= 0.6 is 0 Å². The van der Waals surface area contributed by atoms with E-state index < -0.39 is 0 Å². The smallest absolute Gasteiger partial charge is 0.0162 e. The molecule has 1 unspecified atom stereocenters. The number of nitrogens with zero attached hydrogens (tertiary/aromatic N) is 1. The van der Waals surface area contributed by atoms with Crippen LogP contribution in [0, 0.1) is 0 Å². The second-order valence-corrected chi connectivity index (χ2v) is 3.64. The number of rotatable bonds is 5. The van der Waals surface area contributed by atoms with E-state index in [4.69, 9.17) is 5.73 Å². The molecule has 0 aromatic heterocycles. The van der Waals surface area contributed by atoms with Gasteiger partial charge < -0.3 is 16.0 Å². The van der Waals surface area contributed by atoms with Crippen molar-refractivity contribution in [1.82, 2.24) is 10.2 Å². The van der Waals surface area contributed by atoms with Gasteiger partial charge in [0.05, 0.1) is 0 Å². The Morgan fingerprint density at radius 3 is 2.67 bits per heavy atom. The first kappa shape index (κ1) is 9.96. The Bertz CT molecular complexity index is 110. The summed E-state index contributed by atoms with van der Waals surface area (Å²) in [6.07, 6.45) is 2.76. The van der Waals surface area contributed by atoms with Crippen LogP contribution in [0.2, 0.25) is 0 Å². The largest absolute Gasteiger partial charge is 0.329 e. The van der Waals surface area contributed by atoms with Crippen LogP contribution in [0.15, 0.2) is 0 Å². The average molecular weight is 171 g/mol. The molecule has 0 radical (unpaired) electrons. The SMILES string of the molecule is CC(CN)NCCN1CCCC1. The normalized spacial score (nSPS) is 21.5. The molecule has 72 valence electrons. The quantitative estimate of drug-likeness (QED) is 0.613. The molecule has 0 amide bonds. The predicted molar refractivity (Wildman–Crippen MR) is 52.2 cm³/mol. The Hall–Kier alpha value is -0.120. The van der Waals surface area contributed by atoms with Gasteiger partial charge in [-0.1, -0.05) is 0 Å². The highest BCUT2D eigenvalue weighted by atomic mass is 15.2. The number of hydrogen-bond donors (Lipinski definition) is 2. The summed E-state index contributed by atoms with van der Waals surface area (Å²) in [7, 11) is 0. The molecular formula is C9H21N3. The zero-order chi connectivity index (χ0) is 8.81. The number of hydrogen-bond acceptors (Lipinski definition) is 3. The van der Waals surface area contributed by atoms with Crippen LogP contribution in [0.4, 0.5) is 0 Å². The van der Waals surface area contributed by atoms with Gasteiger partial charge in [-0.25, -0.2) is 0 Å². The summed E-state index contributed by atoms with van der Waals surface area (Å²) in [4.78, 5) is 2.51. The maximum absolute atomic E-state index is 5.49. The molecule has 3 nitrogen and oxygen atoms in total. The molecule has 1 aliphatic rings. The van der Waals surface area contributed by atoms with E-state index in [1.807, 2.05) is 0 Å². The van der Waals surface area contributed by atoms with Gasteiger partial charge in [0.1, 0.15) is 0 Å². The lowest BCUT2D eigenvalue weighted by Gasteiger charge is -2.17. The summed E-state index contributed by atoms with van der Waals surface area (Å²) >= 11 is 0. The van der Waals surface area contributed by atoms with E-state index >= 15 is 0 Å². The van der Waals surface area contributed by atoms with Crippen LogP contribution < -0.4 is 11.1 Å². The van der Waals surface area contributed by atoms with Crippen LogP contribution in [0.25, 0.3) is 0 Å². The van der Waals surface area contributed by atoms with Crippen molar-refractivity contribution in [2.45, 2.75) is 25.8 Å². The van der Waals surface area contributed by atoms with Gasteiger partial charge in [-0.15, -0.1) is 0 Å². The Labute approximate surface area is 75.3 Å². The van der Waals surface area contributed by atoms with Gasteiger partial charge in [0.2, 0.25) is 0 Å². The molecule has 0 aromatic carbocycles. The number of likely N-dealkylation sites (tertiary alicyclic amines) is 1. The third kappa shape index (κ3) is 3.52. The van der Waals surface area contributed by atoms with Gasteiger partial charge >= 0.3 is 0 Å². The van der Waals surface area contributed by atoms with Crippen molar-refractivity contribution in [2.24, 2.45) is 5.73 Å². The van der Waals surface area contributed by atoms with Gasteiger partial charge in [-0.05, 0) is 32.9 Å². The van der Waals surface area contributed by atoms with Crippen LogP contribution in [0.1, 0.15) is 19.8 Å². The maximum Gasteiger partial charge on any atom is 0.0162 e. The van der Waals surface area contributed by atoms with E-state index in [0.717, 1.165) is 13.1 Å². The summed E-state index contributed by atoms with van der Waals surface area (Å²) in [5.41, 5.74) is 5.49. The molecule has 1 saturated heterocycles. The van der Waals surface area contributed by atoms with E-state index in [-0.39, 0.29) is 0 Å². The molecule has 0 aromatic rings. The van der Waals surface area contributed by atoms with E-state index in [1.165, 1.54) is 32.5 Å². The molecule has 1 aliphatic heterocycles. The molecule has 0 spiro atoms. The van der Waals surface area contributed by atoms with Gasteiger partial charge in [0.25, 0.3) is 0 Å². The highest BCUT2D eigenvalue weighted by Crippen LogP contribution is 2.05. The van der Waals surface area contributed by atoms with Crippen LogP contribution in [-0.2, 0) is 0 Å². The first-order valence-electron chi connectivity index (χ1n) is 4.98. The topological polar surface area (TPSA) is 41.3 Å². The third-order valence-corrected chi connectivity index (χ3v) is 2.47. The Kier molecular flexibility index (Phi) is 4.58. The van der Waals surface area contributed by atoms with Gasteiger partial charge in [0.15, 0.2) is 0 Å². The Morgan fingerprint density at radius 1 is 1.42 bits per heavy atom. The molecule has 12 heavy (non-hydrogen) atoms. The molecule has 1 fully saturated rings. The predicted octanol–water partition coefficient (Wildman–Crippen LogP) is 0.0190. The maximum atomic E-state index is 5.49. The number of nitrogens with two attached hydrogens (primary N) is 1. The monoisotopic (exact) mass is 171 g/mol. The lowest BCUT2D eigenvalue weighted by atomic mass is 10.3. The third-order valence-electron chi connectivity index (χ3n) is 2.47. The lowest BCUT2D eigenvalue weighted by molar-refractivity contribution is 0.329. The second-order valence-electron chi connectivity index (χ2n) is 3.64. The van der Waals surface area contributed by atoms with Crippen molar-refractivity contribution >= 4 is 0 Å². The average Bonchev–Trinajstić information content (AvgIpc) is 2.57. The summed E-state index contributed by atoms with van der Waals surface area (Å²) in [6, 6.07) is 0.465. The van der Waals surface area contributed by atoms with Gasteiger partial charge in [-0.3, -0.25) is 0 Å². The Balaban J connectivity index is 1.94. The molecule has 1 heterocycles. The van der Waals surface area contributed by atoms with Crippen molar-refractivity contribution in [3.05, 3.63) is 0 Å². The molecule has 1 atom stereocenters. The first-order chi connectivity index (χ1) is 5.83. The van der Waals surface area contributed by atoms with Crippen molar-refractivity contribution in [3.63, 3.8) is 0 Å². The number of nitrogens with one attached hydrogen (secondary N) is 1. The summed E-state index contributed by atoms with van der Waals surface area (Å²) in [5.74, 6) is 0. The molecule has 3 N–H and O–H groups in total. The lowest BCUT2D eigenvalue weighted by Crippen LogP contribution is -2.38. The summed E-state index contributed by atoms with van der Waals surface area (Å²) in [6.45, 7) is 7.71. The van der Waals surface area contributed by atoms with Crippen LogP contribution in [0.3, 0.4) is 0 Å². The standard InChI is InChI=1S/C9H21N3/c1-9(8-10)11-4-7-12-5-2-3-6-12/h9,11H,2-8,10H2,1H3. The molecule has 0 bridgehead atoms. The molecule has 0 saturated carbocycles. The second kappa shape index (κ2) is 5.51. The van der Waals surface area contributed by atoms with Crippen molar-refractivity contribution in [1.29, 1.82) is 0 Å². The highest BCUT2D eigenvalue weighted by molar-refractivity contribution is 4.68. The zero-order valence-electron chi connectivity index (χ0n) is 8.05. The summed E-state index contributed by atoms with van der Waals surface area (Å²) in [5, 5.41) is 3.39. The van der Waals surface area contributed by atoms with Gasteiger partial charge in [0, 0.05) is 25.7 Å². The van der Waals surface area contributed by atoms with E-state index in [9.17, 15) is 0 Å². The highest BCUT2D eigenvalue weighted by Gasteiger charge is 2.10. The van der Waals surface area contributed by atoms with E-state index in [0.29, 0.717) is 6.04 Å². The Morgan fingerprint density at radius 2 is 2.08 bits per heavy atom. The van der Waals surface area contributed by atoms with Crippen molar-refractivity contribution in [2.75, 3.05) is 32.7 Å². The minimum absolute atomic E-state index is 0.465. The van der Waals surface area contributed by atoms with E-state index in [1.54, 1.807) is 0 Å². The van der Waals surface area contributed by atoms with Crippen LogP contribution in [-0.4, -0.2) is 43.7 Å². The fourth-order valence-corrected chi connectivity index (χ4v) is 1.56. The fraction of sp³-hybridized carbons (Fsp3) is 1.00. The van der Waals surface area contributed by atoms with Crippen molar-refractivity contribution < 1.29 is 0 Å². The van der Waals surface area contributed by atoms with Crippen LogP contribution in [0.5, 0.6) is 0 Å². The minimum Gasteiger partial charge on any atom is -0.329 e. The molecule has 3 heteroatoms. The van der Waals surface area contributed by atoms with E-state index in [2.05, 4.69) is 17.1 Å². The molecular weight excluding hydrogens is 150 g/mol. The first-order valence-corrected chi connectivity index (χ1v) is 4.98. The fourth-order valence-electron chi connectivity index (χ4n) is 1.56. The zero-order valence-corrected chi connectivity index (χ0v) is 8.05. The summed E-state index contributed by atoms with van der Waals surface area (Å²) < 4.78 is 0.